The number of rotatable bonds is 2. The predicted molar refractivity (Wildman–Crippen MR) is 168 cm³/mol. The van der Waals surface area contributed by atoms with Gasteiger partial charge in [0.2, 0.25) is 0 Å². The minimum Gasteiger partial charge on any atom is -0.147 e. The second-order valence-corrected chi connectivity index (χ2v) is 40.9. The topological polar surface area (TPSA) is 0 Å². The van der Waals surface area contributed by atoms with E-state index in [2.05, 4.69) is 77.2 Å². The van der Waals surface area contributed by atoms with Crippen molar-refractivity contribution in [2.75, 3.05) is 0 Å². The third-order valence-electron chi connectivity index (χ3n) is 9.71. The van der Waals surface area contributed by atoms with Gasteiger partial charge in [0.25, 0.3) is 0 Å². The number of allylic oxidation sites excluding steroid dienone is 6. The molecule has 0 amide bonds. The Morgan fingerprint density at radius 3 is 1.45 bits per heavy atom. The zero-order chi connectivity index (χ0) is 24.6. The Morgan fingerprint density at radius 1 is 0.632 bits per heavy atom. The maximum absolute atomic E-state index is 3.76. The van der Waals surface area contributed by atoms with Crippen LogP contribution >= 0.6 is 24.8 Å². The van der Waals surface area contributed by atoms with Crippen molar-refractivity contribution in [3.63, 3.8) is 0 Å². The molecule has 0 bridgehead atoms. The van der Waals surface area contributed by atoms with Crippen molar-refractivity contribution in [3.8, 4) is 0 Å². The van der Waals surface area contributed by atoms with Crippen LogP contribution in [0.5, 0.6) is 0 Å². The molecule has 0 nitrogen and oxygen atoms in total. The van der Waals surface area contributed by atoms with Gasteiger partial charge in [0.05, 0.1) is 0 Å². The molecule has 0 aromatic heterocycles. The summed E-state index contributed by atoms with van der Waals surface area (Å²) in [6.45, 7) is 7.21. The Labute approximate surface area is 240 Å². The largest absolute Gasteiger partial charge is 0.147 e. The molecule has 0 aliphatic heterocycles. The maximum atomic E-state index is 3.56. The zero-order valence-corrected chi connectivity index (χ0v) is 28.1. The summed E-state index contributed by atoms with van der Waals surface area (Å²) in [6.07, 6.45) is 11.7. The van der Waals surface area contributed by atoms with Crippen LogP contribution < -0.4 is 6.54 Å². The number of aryl methyl sites for hydroxylation is 2. The molecule has 0 fully saturated rings. The van der Waals surface area contributed by atoms with E-state index in [1.807, 2.05) is 0 Å². The number of halogens is 2. The smallest absolute Gasteiger partial charge is 0.147 e. The van der Waals surface area contributed by atoms with Crippen LogP contribution in [0, 0.1) is 13.8 Å². The van der Waals surface area contributed by atoms with Crippen molar-refractivity contribution in [2.24, 2.45) is 0 Å². The van der Waals surface area contributed by atoms with Crippen LogP contribution in [-0.2, 0) is 17.4 Å². The summed E-state index contributed by atoms with van der Waals surface area (Å²) in [4.78, 5) is 0. The Morgan fingerprint density at radius 2 is 1.03 bits per heavy atom. The van der Waals surface area contributed by atoms with Gasteiger partial charge in [-0.3, -0.25) is 0 Å². The van der Waals surface area contributed by atoms with E-state index in [1.54, 1.807) is 40.0 Å². The second-order valence-electron chi connectivity index (χ2n) is 12.7. The van der Waals surface area contributed by atoms with Gasteiger partial charge in [-0.1, -0.05) is 0 Å². The normalized spacial score (nSPS) is 18.7. The third kappa shape index (κ3) is 3.10. The predicted octanol–water partition coefficient (Wildman–Crippen LogP) is 7.66. The van der Waals surface area contributed by atoms with E-state index in [4.69, 9.17) is 0 Å². The minimum atomic E-state index is -3.76. The number of hydrogen-bond acceptors (Lipinski definition) is 0. The molecule has 2 aromatic rings. The van der Waals surface area contributed by atoms with E-state index in [0.717, 1.165) is 0 Å². The van der Waals surface area contributed by atoms with Crippen molar-refractivity contribution < 1.29 is 17.4 Å². The molecule has 4 heteroatoms. The van der Waals surface area contributed by atoms with E-state index in [0.29, 0.717) is 0 Å². The first-order valence-corrected chi connectivity index (χ1v) is 26.9. The molecule has 0 N–H and O–H groups in total. The molecular formula is C34H32Cl2SiZr. The molecule has 190 valence electrons. The molecular weight excluding hydrogens is 599 g/mol. The molecule has 0 atom stereocenters. The third-order valence-corrected chi connectivity index (χ3v) is 24.9. The molecule has 0 saturated carbocycles. The van der Waals surface area contributed by atoms with E-state index >= 15 is 0 Å². The molecule has 0 spiro atoms. The minimum absolute atomic E-state index is 0. The van der Waals surface area contributed by atoms with Gasteiger partial charge in [0.1, 0.15) is 0 Å². The first-order chi connectivity index (χ1) is 17.2. The van der Waals surface area contributed by atoms with E-state index in [-0.39, 0.29) is 24.8 Å². The molecule has 38 heavy (non-hydrogen) atoms. The fourth-order valence-electron chi connectivity index (χ4n) is 8.79. The molecule has 2 aromatic carbocycles. The molecule has 6 aliphatic rings. The van der Waals surface area contributed by atoms with Crippen molar-refractivity contribution in [1.29, 1.82) is 0 Å². The Hall–Kier alpha value is -1.80. The van der Waals surface area contributed by atoms with Gasteiger partial charge in [-0.05, 0) is 0 Å². The summed E-state index contributed by atoms with van der Waals surface area (Å²) < 4.78 is 8.92. The SMILES string of the molecule is Cc1cc2c3c([c]1[Zr]([CH3])([CH3])(=[SiH2])[c]1c(C)cc4c5c1C1=C(CCC1)C5=C=C=C4)C1=C(CCC1)C3=C=C=C2.Cl.Cl. The molecule has 0 heterocycles. The molecule has 0 saturated heterocycles. The van der Waals surface area contributed by atoms with Crippen LogP contribution in [0.15, 0.2) is 46.2 Å². The summed E-state index contributed by atoms with van der Waals surface area (Å²) in [5, 5.41) is 0. The molecule has 0 unspecified atom stereocenters. The summed E-state index contributed by atoms with van der Waals surface area (Å²) in [5.74, 6) is 0. The quantitative estimate of drug-likeness (QED) is 0.236. The van der Waals surface area contributed by atoms with Crippen molar-refractivity contribution in [3.05, 3.63) is 90.7 Å². The van der Waals surface area contributed by atoms with Crippen molar-refractivity contribution in [2.45, 2.75) is 61.6 Å². The van der Waals surface area contributed by atoms with Crippen molar-refractivity contribution in [1.82, 2.24) is 0 Å². The van der Waals surface area contributed by atoms with Crippen LogP contribution in [0.4, 0.5) is 0 Å². The van der Waals surface area contributed by atoms with Crippen LogP contribution in [0.1, 0.15) is 83.0 Å². The fraction of sp³-hybridized carbons (Fsp3) is 0.294. The number of benzene rings is 2. The van der Waals surface area contributed by atoms with Crippen LogP contribution in [0.3, 0.4) is 0 Å². The molecule has 6 aliphatic carbocycles. The maximum Gasteiger partial charge on any atom is -0.147 e. The monoisotopic (exact) mass is 628 g/mol. The number of fused-ring (bicyclic) bond motifs is 4. The average molecular weight is 631 g/mol. The number of hydrogen-bond donors (Lipinski definition) is 0. The van der Waals surface area contributed by atoms with E-state index in [9.17, 15) is 0 Å². The van der Waals surface area contributed by atoms with Gasteiger partial charge < -0.3 is 0 Å². The second kappa shape index (κ2) is 8.35. The fourth-order valence-corrected chi connectivity index (χ4v) is 26.7. The van der Waals surface area contributed by atoms with Crippen LogP contribution in [0.2, 0.25) is 9.26 Å². The Kier molecular flexibility index (Phi) is 5.81. The summed E-state index contributed by atoms with van der Waals surface area (Å²) in [6, 6.07) is 4.95. The summed E-state index contributed by atoms with van der Waals surface area (Å²) in [5.41, 5.74) is 34.9. The summed E-state index contributed by atoms with van der Waals surface area (Å²) in [7, 11) is 0. The molecule has 8 rings (SSSR count). The van der Waals surface area contributed by atoms with Gasteiger partial charge >= 0.3 is 218 Å². The van der Waals surface area contributed by atoms with E-state index in [1.165, 1.54) is 83.1 Å². The zero-order valence-electron chi connectivity index (χ0n) is 22.6. The standard InChI is InChI=1S/2C16H11.2CH3.2ClH.H2Si.Zr/c2*1-10-8-11-4-2-7-14-12-5-3-6-13(12)15(9-10)16(11)14;;;;;;/h2*4,8H,3,5-6H2,1H3;2*1H3;2*1H;1H2;. The van der Waals surface area contributed by atoms with Gasteiger partial charge in [-0.15, -0.1) is 24.8 Å². The van der Waals surface area contributed by atoms with Gasteiger partial charge in [-0.25, -0.2) is 0 Å². The van der Waals surface area contributed by atoms with Gasteiger partial charge in [-0.2, -0.15) is 0 Å². The van der Waals surface area contributed by atoms with Gasteiger partial charge in [0, 0.05) is 0 Å². The first kappa shape index (κ1) is 26.4. The van der Waals surface area contributed by atoms with Gasteiger partial charge in [0.15, 0.2) is 0 Å². The first-order valence-electron chi connectivity index (χ1n) is 13.6. The summed E-state index contributed by atoms with van der Waals surface area (Å²) >= 11 is -3.76. The van der Waals surface area contributed by atoms with Crippen LogP contribution in [-0.4, -0.2) is 6.88 Å². The Bertz CT molecular complexity index is 1780. The van der Waals surface area contributed by atoms with Crippen molar-refractivity contribution >= 4 is 72.7 Å². The van der Waals surface area contributed by atoms with Crippen LogP contribution in [0.25, 0.3) is 34.4 Å². The average Bonchev–Trinajstić information content (AvgIpc) is 3.59. The Balaban J connectivity index is 0.00000132. The van der Waals surface area contributed by atoms with E-state index < -0.39 is 17.4 Å². The molecule has 0 radical (unpaired) electrons.